The summed E-state index contributed by atoms with van der Waals surface area (Å²) in [5.74, 6) is 1.21. The summed E-state index contributed by atoms with van der Waals surface area (Å²) in [6.07, 6.45) is -0.719. The zero-order valence-electron chi connectivity index (χ0n) is 12.8. The van der Waals surface area contributed by atoms with E-state index >= 15 is 0 Å². The second-order valence-corrected chi connectivity index (χ2v) is 4.31. The van der Waals surface area contributed by atoms with E-state index in [4.69, 9.17) is 23.7 Å². The van der Waals surface area contributed by atoms with Gasteiger partial charge in [-0.1, -0.05) is 6.07 Å². The first-order valence-corrected chi connectivity index (χ1v) is 6.77. The molecule has 6 heteroatoms. The fourth-order valence-corrected chi connectivity index (χ4v) is 1.71. The molecule has 1 aromatic carbocycles. The molecular weight excluding hydrogens is 276 g/mol. The first kappa shape index (κ1) is 17.7. The van der Waals surface area contributed by atoms with Crippen molar-refractivity contribution in [3.05, 3.63) is 23.8 Å². The summed E-state index contributed by atoms with van der Waals surface area (Å²) in [6, 6.07) is 5.28. The van der Waals surface area contributed by atoms with Gasteiger partial charge in [0, 0.05) is 7.11 Å². The van der Waals surface area contributed by atoms with Gasteiger partial charge in [0.1, 0.15) is 6.10 Å². The lowest BCUT2D eigenvalue weighted by molar-refractivity contribution is -0.00595. The quantitative estimate of drug-likeness (QED) is 0.623. The Labute approximate surface area is 125 Å². The number of rotatable bonds is 11. The van der Waals surface area contributed by atoms with Crippen LogP contribution >= 0.6 is 0 Å². The molecule has 1 rings (SSSR count). The summed E-state index contributed by atoms with van der Waals surface area (Å²) in [7, 11) is 4.75. The lowest BCUT2D eigenvalue weighted by Crippen LogP contribution is -2.12. The maximum absolute atomic E-state index is 10.1. The van der Waals surface area contributed by atoms with Crippen molar-refractivity contribution in [2.75, 3.05) is 54.4 Å². The molecule has 0 saturated heterocycles. The fourth-order valence-electron chi connectivity index (χ4n) is 1.71. The number of aliphatic hydroxyl groups excluding tert-OH is 1. The van der Waals surface area contributed by atoms with Crippen molar-refractivity contribution in [3.63, 3.8) is 0 Å². The molecule has 0 aliphatic carbocycles. The molecule has 0 fully saturated rings. The van der Waals surface area contributed by atoms with Crippen LogP contribution in [0.1, 0.15) is 11.7 Å². The Morgan fingerprint density at radius 1 is 0.905 bits per heavy atom. The Kier molecular flexibility index (Phi) is 8.77. The van der Waals surface area contributed by atoms with Gasteiger partial charge in [0.2, 0.25) is 0 Å². The van der Waals surface area contributed by atoms with Crippen LogP contribution in [0.25, 0.3) is 0 Å². The third-order valence-electron chi connectivity index (χ3n) is 2.87. The summed E-state index contributed by atoms with van der Waals surface area (Å²) in [5.41, 5.74) is 0.716. The molecule has 0 radical (unpaired) electrons. The van der Waals surface area contributed by atoms with Crippen molar-refractivity contribution in [3.8, 4) is 11.5 Å². The topological polar surface area (TPSA) is 66.4 Å². The molecule has 1 atom stereocenters. The minimum Gasteiger partial charge on any atom is -0.493 e. The van der Waals surface area contributed by atoms with Crippen LogP contribution in [0.3, 0.4) is 0 Å². The van der Waals surface area contributed by atoms with E-state index in [1.54, 1.807) is 39.5 Å². The lowest BCUT2D eigenvalue weighted by atomic mass is 10.1. The van der Waals surface area contributed by atoms with E-state index in [1.807, 2.05) is 0 Å². The van der Waals surface area contributed by atoms with E-state index in [-0.39, 0.29) is 6.61 Å². The maximum atomic E-state index is 10.1. The largest absolute Gasteiger partial charge is 0.493 e. The van der Waals surface area contributed by atoms with Crippen LogP contribution < -0.4 is 9.47 Å². The number of hydrogen-bond donors (Lipinski definition) is 1. The summed E-state index contributed by atoms with van der Waals surface area (Å²) < 4.78 is 25.8. The van der Waals surface area contributed by atoms with Gasteiger partial charge in [-0.25, -0.2) is 0 Å². The predicted octanol–water partition coefficient (Wildman–Crippen LogP) is 1.42. The minimum absolute atomic E-state index is 0.198. The average Bonchev–Trinajstić information content (AvgIpc) is 2.53. The second kappa shape index (κ2) is 10.4. The molecule has 0 saturated carbocycles. The molecule has 0 heterocycles. The third kappa shape index (κ3) is 6.31. The molecule has 1 aromatic rings. The van der Waals surface area contributed by atoms with E-state index in [0.29, 0.717) is 43.5 Å². The van der Waals surface area contributed by atoms with Crippen molar-refractivity contribution in [1.82, 2.24) is 0 Å². The number of hydrogen-bond acceptors (Lipinski definition) is 6. The molecular formula is C15H24O6. The van der Waals surface area contributed by atoms with Crippen LogP contribution in [-0.2, 0) is 14.2 Å². The highest BCUT2D eigenvalue weighted by Gasteiger charge is 2.11. The van der Waals surface area contributed by atoms with Crippen molar-refractivity contribution in [1.29, 1.82) is 0 Å². The third-order valence-corrected chi connectivity index (χ3v) is 2.87. The van der Waals surface area contributed by atoms with E-state index < -0.39 is 6.10 Å². The summed E-state index contributed by atoms with van der Waals surface area (Å²) in [4.78, 5) is 0. The molecule has 0 aromatic heterocycles. The normalized spacial score (nSPS) is 12.2. The fraction of sp³-hybridized carbons (Fsp3) is 0.600. The van der Waals surface area contributed by atoms with Crippen molar-refractivity contribution < 1.29 is 28.8 Å². The van der Waals surface area contributed by atoms with Gasteiger partial charge in [0.05, 0.1) is 47.3 Å². The molecule has 0 amide bonds. The van der Waals surface area contributed by atoms with Crippen LogP contribution in [-0.4, -0.2) is 59.5 Å². The van der Waals surface area contributed by atoms with Crippen LogP contribution in [0.2, 0.25) is 0 Å². The average molecular weight is 300 g/mol. The van der Waals surface area contributed by atoms with Gasteiger partial charge in [0.15, 0.2) is 11.5 Å². The molecule has 21 heavy (non-hydrogen) atoms. The Balaban J connectivity index is 2.33. The van der Waals surface area contributed by atoms with E-state index in [1.165, 1.54) is 0 Å². The smallest absolute Gasteiger partial charge is 0.161 e. The molecule has 6 nitrogen and oxygen atoms in total. The van der Waals surface area contributed by atoms with Gasteiger partial charge in [0.25, 0.3) is 0 Å². The van der Waals surface area contributed by atoms with Gasteiger partial charge in [-0.3, -0.25) is 0 Å². The molecule has 120 valence electrons. The summed E-state index contributed by atoms with van der Waals surface area (Å²) >= 11 is 0. The van der Waals surface area contributed by atoms with Gasteiger partial charge in [-0.05, 0) is 17.7 Å². The van der Waals surface area contributed by atoms with Crippen LogP contribution in [0, 0.1) is 0 Å². The molecule has 1 unspecified atom stereocenters. The number of benzene rings is 1. The number of methoxy groups -OCH3 is 3. The lowest BCUT2D eigenvalue weighted by Gasteiger charge is -2.14. The summed E-state index contributed by atoms with van der Waals surface area (Å²) in [5, 5.41) is 10.1. The first-order valence-electron chi connectivity index (χ1n) is 6.77. The Bertz CT molecular complexity index is 396. The van der Waals surface area contributed by atoms with Crippen LogP contribution in [0.5, 0.6) is 11.5 Å². The van der Waals surface area contributed by atoms with E-state index in [0.717, 1.165) is 0 Å². The SMILES string of the molecule is COCCOCCOCC(O)c1ccc(OC)c(OC)c1. The van der Waals surface area contributed by atoms with Gasteiger partial charge in [-0.15, -0.1) is 0 Å². The Morgan fingerprint density at radius 2 is 1.57 bits per heavy atom. The highest BCUT2D eigenvalue weighted by molar-refractivity contribution is 5.43. The van der Waals surface area contributed by atoms with E-state index in [2.05, 4.69) is 0 Å². The van der Waals surface area contributed by atoms with E-state index in [9.17, 15) is 5.11 Å². The Hall–Kier alpha value is -1.34. The molecule has 1 N–H and O–H groups in total. The number of aliphatic hydroxyl groups is 1. The second-order valence-electron chi connectivity index (χ2n) is 4.31. The number of ether oxygens (including phenoxy) is 5. The van der Waals surface area contributed by atoms with Gasteiger partial charge >= 0.3 is 0 Å². The maximum Gasteiger partial charge on any atom is 0.161 e. The molecule has 0 bridgehead atoms. The summed E-state index contributed by atoms with van der Waals surface area (Å²) in [6.45, 7) is 2.20. The predicted molar refractivity (Wildman–Crippen MR) is 78.0 cm³/mol. The van der Waals surface area contributed by atoms with Crippen LogP contribution in [0.15, 0.2) is 18.2 Å². The zero-order valence-corrected chi connectivity index (χ0v) is 12.8. The molecule has 0 aliphatic rings. The van der Waals surface area contributed by atoms with Gasteiger partial charge in [-0.2, -0.15) is 0 Å². The highest BCUT2D eigenvalue weighted by Crippen LogP contribution is 2.29. The highest BCUT2D eigenvalue weighted by atomic mass is 16.5. The van der Waals surface area contributed by atoms with Gasteiger partial charge < -0.3 is 28.8 Å². The molecule has 0 aliphatic heterocycles. The monoisotopic (exact) mass is 300 g/mol. The zero-order chi connectivity index (χ0) is 15.5. The standard InChI is InChI=1S/C15H24O6/c1-17-6-7-20-8-9-21-11-13(16)12-4-5-14(18-2)15(10-12)19-3/h4-5,10,13,16H,6-9,11H2,1-3H3. The van der Waals surface area contributed by atoms with Crippen LogP contribution in [0.4, 0.5) is 0 Å². The first-order chi connectivity index (χ1) is 10.2. The van der Waals surface area contributed by atoms with Crippen molar-refractivity contribution in [2.45, 2.75) is 6.10 Å². The van der Waals surface area contributed by atoms with Crippen molar-refractivity contribution in [2.24, 2.45) is 0 Å². The minimum atomic E-state index is -0.719. The van der Waals surface area contributed by atoms with Crippen molar-refractivity contribution >= 4 is 0 Å². The Morgan fingerprint density at radius 3 is 2.24 bits per heavy atom. The molecule has 0 spiro atoms.